The van der Waals surface area contributed by atoms with Crippen LogP contribution in [0.15, 0.2) is 62.6 Å². The van der Waals surface area contributed by atoms with Gasteiger partial charge in [0.05, 0.1) is 17.7 Å². The van der Waals surface area contributed by atoms with Gasteiger partial charge in [0.25, 0.3) is 10.0 Å². The highest BCUT2D eigenvalue weighted by molar-refractivity contribution is 7.92. The molecule has 27 heavy (non-hydrogen) atoms. The number of ether oxygens (including phenoxy) is 1. The van der Waals surface area contributed by atoms with Crippen LogP contribution in [0.2, 0.25) is 0 Å². The molecule has 0 amide bonds. The van der Waals surface area contributed by atoms with Crippen LogP contribution in [-0.2, 0) is 10.0 Å². The number of sulfonamides is 1. The number of para-hydroxylation sites is 1. The molecular weight excluding hydrogens is 368 g/mol. The van der Waals surface area contributed by atoms with E-state index < -0.39 is 15.6 Å². The number of benzene rings is 2. The summed E-state index contributed by atoms with van der Waals surface area (Å²) in [7, 11) is -2.49. The van der Waals surface area contributed by atoms with Gasteiger partial charge in [0, 0.05) is 11.9 Å². The number of hydrogen-bond acceptors (Lipinski definition) is 6. The minimum Gasteiger partial charge on any atom is -0.497 e. The molecule has 0 aliphatic carbocycles. The molecule has 1 aromatic heterocycles. The third-order valence-electron chi connectivity index (χ3n) is 3.97. The van der Waals surface area contributed by atoms with Crippen molar-refractivity contribution in [2.24, 2.45) is 0 Å². The Labute approximate surface area is 157 Å². The number of nitrogens with one attached hydrogen (secondary N) is 2. The summed E-state index contributed by atoms with van der Waals surface area (Å²) in [5, 5.41) is 3.76. The third-order valence-corrected chi connectivity index (χ3v) is 5.34. The molecule has 0 atom stereocenters. The zero-order valence-corrected chi connectivity index (χ0v) is 15.8. The van der Waals surface area contributed by atoms with Crippen molar-refractivity contribution >= 4 is 32.4 Å². The predicted molar refractivity (Wildman–Crippen MR) is 105 cm³/mol. The lowest BCUT2D eigenvalue weighted by Gasteiger charge is -2.15. The SMILES string of the molecule is CCCNc1c(NS(=O)(=O)c2ccc(OC)cc2)c(=O)oc2ccccc12. The maximum Gasteiger partial charge on any atom is 0.363 e. The minimum absolute atomic E-state index is 0.0114. The normalized spacial score (nSPS) is 11.3. The van der Waals surface area contributed by atoms with Gasteiger partial charge in [-0.15, -0.1) is 0 Å². The molecule has 3 rings (SSSR count). The van der Waals surface area contributed by atoms with Crippen molar-refractivity contribution in [1.29, 1.82) is 0 Å². The second kappa shape index (κ2) is 7.71. The molecule has 0 aliphatic rings. The first-order valence-corrected chi connectivity index (χ1v) is 9.91. The summed E-state index contributed by atoms with van der Waals surface area (Å²) in [5.74, 6) is 0.532. The van der Waals surface area contributed by atoms with Gasteiger partial charge in [-0.2, -0.15) is 0 Å². The molecular formula is C19H20N2O5S. The summed E-state index contributed by atoms with van der Waals surface area (Å²) in [5.41, 5.74) is -0.114. The van der Waals surface area contributed by atoms with Gasteiger partial charge in [0.2, 0.25) is 0 Å². The summed E-state index contributed by atoms with van der Waals surface area (Å²) < 4.78 is 38.2. The Morgan fingerprint density at radius 2 is 1.74 bits per heavy atom. The number of rotatable bonds is 7. The topological polar surface area (TPSA) is 97.6 Å². The largest absolute Gasteiger partial charge is 0.497 e. The van der Waals surface area contributed by atoms with E-state index in [0.29, 0.717) is 29.0 Å². The van der Waals surface area contributed by atoms with Crippen molar-refractivity contribution in [3.05, 3.63) is 59.0 Å². The van der Waals surface area contributed by atoms with Crippen LogP contribution in [0.1, 0.15) is 13.3 Å². The molecule has 0 fully saturated rings. The lowest BCUT2D eigenvalue weighted by atomic mass is 10.2. The van der Waals surface area contributed by atoms with Crippen molar-refractivity contribution in [1.82, 2.24) is 0 Å². The molecule has 2 N–H and O–H groups in total. The second-order valence-corrected chi connectivity index (χ2v) is 7.53. The van der Waals surface area contributed by atoms with E-state index in [0.717, 1.165) is 6.42 Å². The van der Waals surface area contributed by atoms with Crippen LogP contribution in [0.5, 0.6) is 5.75 Å². The maximum atomic E-state index is 12.8. The van der Waals surface area contributed by atoms with Crippen LogP contribution in [0.3, 0.4) is 0 Å². The van der Waals surface area contributed by atoms with E-state index in [9.17, 15) is 13.2 Å². The van der Waals surface area contributed by atoms with Gasteiger partial charge in [-0.25, -0.2) is 13.2 Å². The Balaban J connectivity index is 2.09. The van der Waals surface area contributed by atoms with Crippen LogP contribution in [-0.4, -0.2) is 22.1 Å². The Morgan fingerprint density at radius 1 is 1.04 bits per heavy atom. The van der Waals surface area contributed by atoms with Crippen molar-refractivity contribution in [2.45, 2.75) is 18.2 Å². The number of methoxy groups -OCH3 is 1. The third kappa shape index (κ3) is 3.90. The van der Waals surface area contributed by atoms with E-state index in [1.54, 1.807) is 24.3 Å². The van der Waals surface area contributed by atoms with Gasteiger partial charge >= 0.3 is 5.63 Å². The van der Waals surface area contributed by atoms with E-state index in [4.69, 9.17) is 9.15 Å². The number of hydrogen-bond donors (Lipinski definition) is 2. The molecule has 142 valence electrons. The zero-order chi connectivity index (χ0) is 19.4. The van der Waals surface area contributed by atoms with Gasteiger partial charge in [0.15, 0.2) is 5.69 Å². The number of anilines is 2. The van der Waals surface area contributed by atoms with Crippen molar-refractivity contribution < 1.29 is 17.6 Å². The van der Waals surface area contributed by atoms with E-state index in [1.165, 1.54) is 31.4 Å². The molecule has 8 heteroatoms. The molecule has 3 aromatic rings. The molecule has 2 aromatic carbocycles. The summed E-state index contributed by atoms with van der Waals surface area (Å²) >= 11 is 0. The van der Waals surface area contributed by atoms with Crippen LogP contribution >= 0.6 is 0 Å². The fourth-order valence-electron chi connectivity index (χ4n) is 2.62. The molecule has 0 bridgehead atoms. The van der Waals surface area contributed by atoms with Gasteiger partial charge in [0.1, 0.15) is 11.3 Å². The molecule has 0 saturated carbocycles. The first-order valence-electron chi connectivity index (χ1n) is 8.43. The monoisotopic (exact) mass is 388 g/mol. The van der Waals surface area contributed by atoms with Gasteiger partial charge in [-0.3, -0.25) is 4.72 Å². The standard InChI is InChI=1S/C19H20N2O5S/c1-3-12-20-17-15-6-4-5-7-16(15)26-19(22)18(17)21-27(23,24)14-10-8-13(25-2)9-11-14/h4-11,20-21H,3,12H2,1-2H3. The van der Waals surface area contributed by atoms with E-state index >= 15 is 0 Å². The van der Waals surface area contributed by atoms with Crippen LogP contribution in [0, 0.1) is 0 Å². The van der Waals surface area contributed by atoms with Crippen molar-refractivity contribution in [3.8, 4) is 5.75 Å². The number of fused-ring (bicyclic) bond motifs is 1. The van der Waals surface area contributed by atoms with Crippen LogP contribution in [0.25, 0.3) is 11.0 Å². The highest BCUT2D eigenvalue weighted by atomic mass is 32.2. The molecule has 0 saturated heterocycles. The van der Waals surface area contributed by atoms with Crippen molar-refractivity contribution in [3.63, 3.8) is 0 Å². The Bertz CT molecular complexity index is 1110. The minimum atomic E-state index is -3.98. The van der Waals surface area contributed by atoms with Gasteiger partial charge in [-0.1, -0.05) is 19.1 Å². The fraction of sp³-hybridized carbons (Fsp3) is 0.211. The Hall–Kier alpha value is -3.00. The quantitative estimate of drug-likeness (QED) is 0.602. The zero-order valence-electron chi connectivity index (χ0n) is 15.0. The van der Waals surface area contributed by atoms with Gasteiger partial charge in [-0.05, 0) is 42.8 Å². The van der Waals surface area contributed by atoms with E-state index in [-0.39, 0.29) is 10.6 Å². The van der Waals surface area contributed by atoms with Crippen molar-refractivity contribution in [2.75, 3.05) is 23.7 Å². The summed E-state index contributed by atoms with van der Waals surface area (Å²) in [6.07, 6.45) is 0.805. The highest BCUT2D eigenvalue weighted by Gasteiger charge is 2.21. The molecule has 0 unspecified atom stereocenters. The van der Waals surface area contributed by atoms with E-state index in [2.05, 4.69) is 10.0 Å². The summed E-state index contributed by atoms with van der Waals surface area (Å²) in [6.45, 7) is 2.55. The van der Waals surface area contributed by atoms with E-state index in [1.807, 2.05) is 6.92 Å². The van der Waals surface area contributed by atoms with Gasteiger partial charge < -0.3 is 14.5 Å². The van der Waals surface area contributed by atoms with Crippen LogP contribution in [0.4, 0.5) is 11.4 Å². The van der Waals surface area contributed by atoms with Crippen LogP contribution < -0.4 is 20.4 Å². The molecule has 0 radical (unpaired) electrons. The fourth-order valence-corrected chi connectivity index (χ4v) is 3.69. The average Bonchev–Trinajstić information content (AvgIpc) is 2.67. The molecule has 0 aliphatic heterocycles. The Kier molecular flexibility index (Phi) is 5.36. The maximum absolute atomic E-state index is 12.8. The lowest BCUT2D eigenvalue weighted by molar-refractivity contribution is 0.414. The highest BCUT2D eigenvalue weighted by Crippen LogP contribution is 2.30. The first kappa shape index (κ1) is 18.8. The molecule has 1 heterocycles. The summed E-state index contributed by atoms with van der Waals surface area (Å²) in [6, 6.07) is 12.8. The first-order chi connectivity index (χ1) is 13.0. The molecule has 7 nitrogen and oxygen atoms in total. The Morgan fingerprint density at radius 3 is 2.41 bits per heavy atom. The average molecular weight is 388 g/mol. The molecule has 0 spiro atoms. The predicted octanol–water partition coefficient (Wildman–Crippen LogP) is 3.42. The second-order valence-electron chi connectivity index (χ2n) is 5.84. The smallest absolute Gasteiger partial charge is 0.363 e. The lowest BCUT2D eigenvalue weighted by Crippen LogP contribution is -2.21. The summed E-state index contributed by atoms with van der Waals surface area (Å²) in [4.78, 5) is 12.5.